The van der Waals surface area contributed by atoms with Gasteiger partial charge in [-0.1, -0.05) is 0 Å². The van der Waals surface area contributed by atoms with Crippen molar-refractivity contribution in [1.82, 2.24) is 4.98 Å². The van der Waals surface area contributed by atoms with E-state index in [2.05, 4.69) is 4.98 Å². The molecule has 0 aliphatic heterocycles. The van der Waals surface area contributed by atoms with Gasteiger partial charge in [-0.2, -0.15) is 0 Å². The molecule has 0 atom stereocenters. The van der Waals surface area contributed by atoms with Crippen LogP contribution in [0, 0.1) is 0 Å². The smallest absolute Gasteiger partial charge is 0.303 e. The molecule has 70 valence electrons. The van der Waals surface area contributed by atoms with Crippen LogP contribution in [0.1, 0.15) is 18.4 Å². The largest absolute Gasteiger partial charge is 0.481 e. The minimum Gasteiger partial charge on any atom is -0.481 e. The van der Waals surface area contributed by atoms with Gasteiger partial charge in [0.05, 0.1) is 11.9 Å². The number of carboxylic acid groups (broad SMARTS) is 1. The molecule has 0 unspecified atom stereocenters. The first-order valence-electron chi connectivity index (χ1n) is 4.10. The lowest BCUT2D eigenvalue weighted by molar-refractivity contribution is -0.137. The van der Waals surface area contributed by atoms with Crippen molar-refractivity contribution in [3.8, 4) is 0 Å². The zero-order chi connectivity index (χ0) is 9.68. The van der Waals surface area contributed by atoms with Crippen molar-refractivity contribution in [1.29, 1.82) is 0 Å². The number of rotatable bonds is 4. The van der Waals surface area contributed by atoms with Crippen molar-refractivity contribution >= 4 is 11.7 Å². The number of aliphatic carboxylic acids is 1. The fourth-order valence-electron chi connectivity index (χ4n) is 1.09. The molecule has 0 spiro atoms. The molecular formula is C9H12N2O2. The zero-order valence-electron chi connectivity index (χ0n) is 7.23. The molecule has 4 heteroatoms. The fourth-order valence-corrected chi connectivity index (χ4v) is 1.09. The van der Waals surface area contributed by atoms with Gasteiger partial charge in [0.15, 0.2) is 0 Å². The van der Waals surface area contributed by atoms with E-state index in [0.29, 0.717) is 18.5 Å². The Balaban J connectivity index is 2.45. The number of aromatic nitrogens is 1. The van der Waals surface area contributed by atoms with E-state index in [4.69, 9.17) is 10.8 Å². The summed E-state index contributed by atoms with van der Waals surface area (Å²) < 4.78 is 0. The van der Waals surface area contributed by atoms with Gasteiger partial charge in [-0.15, -0.1) is 0 Å². The maximum Gasteiger partial charge on any atom is 0.303 e. The van der Waals surface area contributed by atoms with E-state index in [-0.39, 0.29) is 6.42 Å². The molecule has 1 heterocycles. The highest BCUT2D eigenvalue weighted by Crippen LogP contribution is 2.11. The first-order valence-corrected chi connectivity index (χ1v) is 4.10. The van der Waals surface area contributed by atoms with Crippen molar-refractivity contribution in [2.75, 3.05) is 5.73 Å². The topological polar surface area (TPSA) is 76.2 Å². The van der Waals surface area contributed by atoms with Gasteiger partial charge in [0.25, 0.3) is 0 Å². The van der Waals surface area contributed by atoms with Gasteiger partial charge in [-0.05, 0) is 24.5 Å². The predicted octanol–water partition coefficient (Wildman–Crippen LogP) is 1.07. The highest BCUT2D eigenvalue weighted by molar-refractivity contribution is 5.66. The van der Waals surface area contributed by atoms with Crippen molar-refractivity contribution in [3.05, 3.63) is 24.0 Å². The molecule has 1 aromatic rings. The number of carboxylic acids is 1. The number of hydrogen-bond donors (Lipinski definition) is 2. The third kappa shape index (κ3) is 3.11. The Kier molecular flexibility index (Phi) is 3.25. The molecule has 0 saturated heterocycles. The molecule has 0 saturated carbocycles. The van der Waals surface area contributed by atoms with Crippen molar-refractivity contribution < 1.29 is 9.90 Å². The van der Waals surface area contributed by atoms with Crippen molar-refractivity contribution in [2.24, 2.45) is 0 Å². The van der Waals surface area contributed by atoms with Gasteiger partial charge in [-0.25, -0.2) is 0 Å². The first-order chi connectivity index (χ1) is 6.20. The Labute approximate surface area is 76.4 Å². The Morgan fingerprint density at radius 3 is 3.00 bits per heavy atom. The zero-order valence-corrected chi connectivity index (χ0v) is 7.23. The monoisotopic (exact) mass is 180 g/mol. The van der Waals surface area contributed by atoms with Crippen LogP contribution < -0.4 is 5.73 Å². The Morgan fingerprint density at radius 1 is 1.62 bits per heavy atom. The Bertz CT molecular complexity index is 299. The van der Waals surface area contributed by atoms with Crippen LogP contribution in [0.3, 0.4) is 0 Å². The summed E-state index contributed by atoms with van der Waals surface area (Å²) in [5.41, 5.74) is 7.23. The average Bonchev–Trinajstić information content (AvgIpc) is 2.08. The SMILES string of the molecule is Nc1cnccc1CCCC(=O)O. The maximum absolute atomic E-state index is 10.2. The number of nitrogens with zero attached hydrogens (tertiary/aromatic N) is 1. The summed E-state index contributed by atoms with van der Waals surface area (Å²) in [6.07, 6.45) is 4.73. The molecule has 0 aliphatic carbocycles. The maximum atomic E-state index is 10.2. The van der Waals surface area contributed by atoms with Crippen molar-refractivity contribution in [3.63, 3.8) is 0 Å². The third-order valence-corrected chi connectivity index (χ3v) is 1.78. The first kappa shape index (κ1) is 9.51. The van der Waals surface area contributed by atoms with Crippen LogP contribution in [0.2, 0.25) is 0 Å². The minimum absolute atomic E-state index is 0.182. The third-order valence-electron chi connectivity index (χ3n) is 1.78. The average molecular weight is 180 g/mol. The van der Waals surface area contributed by atoms with Gasteiger partial charge in [0.2, 0.25) is 0 Å². The molecule has 13 heavy (non-hydrogen) atoms. The summed E-state index contributed by atoms with van der Waals surface area (Å²) in [6, 6.07) is 1.82. The second-order valence-corrected chi connectivity index (χ2v) is 2.82. The van der Waals surface area contributed by atoms with Crippen LogP contribution in [-0.2, 0) is 11.2 Å². The summed E-state index contributed by atoms with van der Waals surface area (Å²) in [5, 5.41) is 8.42. The Hall–Kier alpha value is -1.58. The van der Waals surface area contributed by atoms with E-state index in [1.54, 1.807) is 12.4 Å². The molecule has 0 fully saturated rings. The van der Waals surface area contributed by atoms with Gasteiger partial charge in [0, 0.05) is 12.6 Å². The predicted molar refractivity (Wildman–Crippen MR) is 49.2 cm³/mol. The molecule has 0 aromatic carbocycles. The highest BCUT2D eigenvalue weighted by Gasteiger charge is 2.00. The van der Waals surface area contributed by atoms with Crippen LogP contribution in [0.5, 0.6) is 0 Å². The quantitative estimate of drug-likeness (QED) is 0.726. The normalized spacial score (nSPS) is 9.85. The van der Waals surface area contributed by atoms with Crippen LogP contribution in [0.25, 0.3) is 0 Å². The summed E-state index contributed by atoms with van der Waals surface area (Å²) in [5.74, 6) is -0.771. The second-order valence-electron chi connectivity index (χ2n) is 2.82. The highest BCUT2D eigenvalue weighted by atomic mass is 16.4. The fraction of sp³-hybridized carbons (Fsp3) is 0.333. The molecule has 0 bridgehead atoms. The van der Waals surface area contributed by atoms with E-state index < -0.39 is 5.97 Å². The van der Waals surface area contributed by atoms with Gasteiger partial charge in [0.1, 0.15) is 0 Å². The lowest BCUT2D eigenvalue weighted by Gasteiger charge is -2.02. The minimum atomic E-state index is -0.771. The van der Waals surface area contributed by atoms with Gasteiger partial charge >= 0.3 is 5.97 Å². The molecular weight excluding hydrogens is 168 g/mol. The number of nitrogen functional groups attached to an aromatic ring is 1. The summed E-state index contributed by atoms with van der Waals surface area (Å²) in [7, 11) is 0. The van der Waals surface area contributed by atoms with Gasteiger partial charge in [-0.3, -0.25) is 9.78 Å². The molecule has 1 aromatic heterocycles. The molecule has 0 aliphatic rings. The number of aryl methyl sites for hydroxylation is 1. The van der Waals surface area contributed by atoms with E-state index in [0.717, 1.165) is 5.56 Å². The number of nitrogens with two attached hydrogens (primary N) is 1. The summed E-state index contributed by atoms with van der Waals surface area (Å²) in [6.45, 7) is 0. The molecule has 0 amide bonds. The van der Waals surface area contributed by atoms with Crippen LogP contribution in [-0.4, -0.2) is 16.1 Å². The van der Waals surface area contributed by atoms with E-state index in [1.165, 1.54) is 0 Å². The lowest BCUT2D eigenvalue weighted by atomic mass is 10.1. The van der Waals surface area contributed by atoms with Crippen LogP contribution >= 0.6 is 0 Å². The van der Waals surface area contributed by atoms with Crippen LogP contribution in [0.15, 0.2) is 18.5 Å². The molecule has 1 rings (SSSR count). The van der Waals surface area contributed by atoms with E-state index in [9.17, 15) is 4.79 Å². The number of pyridine rings is 1. The number of carbonyl (C=O) groups is 1. The summed E-state index contributed by atoms with van der Waals surface area (Å²) >= 11 is 0. The summed E-state index contributed by atoms with van der Waals surface area (Å²) in [4.78, 5) is 14.1. The lowest BCUT2D eigenvalue weighted by Crippen LogP contribution is -1.98. The van der Waals surface area contributed by atoms with E-state index in [1.807, 2.05) is 6.07 Å². The second kappa shape index (κ2) is 4.45. The number of anilines is 1. The Morgan fingerprint density at radius 2 is 2.38 bits per heavy atom. The number of hydrogen-bond acceptors (Lipinski definition) is 3. The molecule has 0 radical (unpaired) electrons. The van der Waals surface area contributed by atoms with Crippen molar-refractivity contribution in [2.45, 2.75) is 19.3 Å². The standard InChI is InChI=1S/C9H12N2O2/c10-8-6-11-5-4-7(8)2-1-3-9(12)13/h4-6H,1-3,10H2,(H,12,13). The van der Waals surface area contributed by atoms with Gasteiger partial charge < -0.3 is 10.8 Å². The van der Waals surface area contributed by atoms with E-state index >= 15 is 0 Å². The molecule has 4 nitrogen and oxygen atoms in total. The molecule has 3 N–H and O–H groups in total. The van der Waals surface area contributed by atoms with Crippen LogP contribution in [0.4, 0.5) is 5.69 Å².